The number of carbonyl (C=O) groups excluding carboxylic acids is 1. The lowest BCUT2D eigenvalue weighted by Gasteiger charge is -2.34. The number of amides is 1. The molecule has 3 rings (SSSR count). The van der Waals surface area contributed by atoms with Crippen LogP contribution in [0.25, 0.3) is 11.0 Å². The zero-order chi connectivity index (χ0) is 18.0. The highest BCUT2D eigenvalue weighted by Crippen LogP contribution is 2.23. The molecule has 1 amide bonds. The van der Waals surface area contributed by atoms with Crippen molar-refractivity contribution < 1.29 is 14.7 Å². The number of hydrogen-bond donors (Lipinski definition) is 1. The number of hydrogen-bond acceptors (Lipinski definition) is 4. The Morgan fingerprint density at radius 1 is 1.32 bits per heavy atom. The second-order valence-corrected chi connectivity index (χ2v) is 7.58. The van der Waals surface area contributed by atoms with E-state index in [1.165, 1.54) is 0 Å². The predicted molar refractivity (Wildman–Crippen MR) is 98.4 cm³/mol. The van der Waals surface area contributed by atoms with Crippen LogP contribution in [0.2, 0.25) is 0 Å². The molecule has 1 aromatic carbocycles. The van der Waals surface area contributed by atoms with Crippen LogP contribution in [0.4, 0.5) is 0 Å². The van der Waals surface area contributed by atoms with E-state index in [0.717, 1.165) is 22.6 Å². The highest BCUT2D eigenvalue weighted by molar-refractivity contribution is 7.97. The number of carbonyl (C=O) groups is 2. The molecule has 1 fully saturated rings. The number of benzene rings is 1. The first-order chi connectivity index (χ1) is 12.0. The minimum atomic E-state index is -0.819. The molecule has 6 nitrogen and oxygen atoms in total. The monoisotopic (exact) mass is 361 g/mol. The molecule has 1 N–H and O–H groups in total. The zero-order valence-corrected chi connectivity index (χ0v) is 15.3. The number of thioether (sulfide) groups is 1. The zero-order valence-electron chi connectivity index (χ0n) is 14.5. The number of para-hydroxylation sites is 2. The Balaban J connectivity index is 1.84. The molecule has 0 radical (unpaired) electrons. The molecule has 25 heavy (non-hydrogen) atoms. The van der Waals surface area contributed by atoms with E-state index in [9.17, 15) is 14.7 Å². The van der Waals surface area contributed by atoms with Crippen molar-refractivity contribution in [1.82, 2.24) is 14.5 Å². The molecule has 134 valence electrons. The average Bonchev–Trinajstić information content (AvgIpc) is 2.92. The molecule has 1 saturated heterocycles. The van der Waals surface area contributed by atoms with Crippen LogP contribution >= 0.6 is 11.8 Å². The summed E-state index contributed by atoms with van der Waals surface area (Å²) in [6, 6.07) is 7.80. The van der Waals surface area contributed by atoms with E-state index in [-0.39, 0.29) is 18.4 Å². The summed E-state index contributed by atoms with van der Waals surface area (Å²) < 4.78 is 1.96. The van der Waals surface area contributed by atoms with E-state index in [1.54, 1.807) is 16.7 Å². The predicted octanol–water partition coefficient (Wildman–Crippen LogP) is 2.47. The second-order valence-electron chi connectivity index (χ2n) is 6.71. The molecule has 0 bridgehead atoms. The van der Waals surface area contributed by atoms with Crippen LogP contribution in [0.1, 0.15) is 19.2 Å². The molecule has 0 aliphatic carbocycles. The summed E-state index contributed by atoms with van der Waals surface area (Å²) in [5, 5.41) is 9.31. The van der Waals surface area contributed by atoms with Crippen molar-refractivity contribution in [3.63, 3.8) is 0 Å². The fraction of sp³-hybridized carbons (Fsp3) is 0.500. The molecule has 2 heterocycles. The molecule has 7 heteroatoms. The van der Waals surface area contributed by atoms with Gasteiger partial charge in [-0.1, -0.05) is 19.1 Å². The summed E-state index contributed by atoms with van der Waals surface area (Å²) in [5.41, 5.74) is 1.83. The first kappa shape index (κ1) is 17.8. The van der Waals surface area contributed by atoms with Crippen LogP contribution < -0.4 is 0 Å². The van der Waals surface area contributed by atoms with Crippen LogP contribution in [0.3, 0.4) is 0 Å². The first-order valence-corrected chi connectivity index (χ1v) is 9.82. The number of fused-ring (bicyclic) bond motifs is 1. The third kappa shape index (κ3) is 3.81. The summed E-state index contributed by atoms with van der Waals surface area (Å²) in [6.07, 6.45) is 2.64. The Bertz CT molecular complexity index is 789. The lowest BCUT2D eigenvalue weighted by Crippen LogP contribution is -2.46. The van der Waals surface area contributed by atoms with Crippen molar-refractivity contribution in [2.45, 2.75) is 25.6 Å². The van der Waals surface area contributed by atoms with Gasteiger partial charge >= 0.3 is 5.97 Å². The summed E-state index contributed by atoms with van der Waals surface area (Å²) in [5.74, 6) is 0.475. The average molecular weight is 361 g/mol. The smallest absolute Gasteiger partial charge is 0.308 e. The van der Waals surface area contributed by atoms with Gasteiger partial charge in [-0.2, -0.15) is 11.8 Å². The maximum Gasteiger partial charge on any atom is 0.308 e. The Morgan fingerprint density at radius 2 is 2.08 bits per heavy atom. The van der Waals surface area contributed by atoms with Gasteiger partial charge in [-0.25, -0.2) is 4.98 Å². The highest BCUT2D eigenvalue weighted by atomic mass is 32.2. The molecule has 0 saturated carbocycles. The van der Waals surface area contributed by atoms with E-state index >= 15 is 0 Å². The molecule has 1 aliphatic rings. The second kappa shape index (κ2) is 7.47. The van der Waals surface area contributed by atoms with E-state index < -0.39 is 11.9 Å². The Labute approximate surface area is 151 Å². The van der Waals surface area contributed by atoms with Crippen molar-refractivity contribution in [3.05, 3.63) is 30.1 Å². The number of piperidine rings is 1. The van der Waals surface area contributed by atoms with E-state index in [2.05, 4.69) is 4.98 Å². The van der Waals surface area contributed by atoms with Gasteiger partial charge in [-0.05, 0) is 30.7 Å². The van der Waals surface area contributed by atoms with Gasteiger partial charge in [-0.15, -0.1) is 0 Å². The van der Waals surface area contributed by atoms with Crippen molar-refractivity contribution in [2.75, 3.05) is 19.3 Å². The van der Waals surface area contributed by atoms with Gasteiger partial charge in [0, 0.05) is 13.1 Å². The fourth-order valence-corrected chi connectivity index (χ4v) is 3.99. The van der Waals surface area contributed by atoms with Crippen LogP contribution in [-0.4, -0.2) is 50.8 Å². The van der Waals surface area contributed by atoms with Crippen molar-refractivity contribution in [2.24, 2.45) is 11.8 Å². The normalized spacial score (nSPS) is 20.8. The molecular weight excluding hydrogens is 338 g/mol. The standard InChI is InChI=1S/C18H23N3O3S/c1-12-7-13(18(23)24)9-20(8-12)17(22)10-21-15-6-4-3-5-14(15)19-16(21)11-25-2/h3-6,12-13H,7-11H2,1-2H3,(H,23,24). The topological polar surface area (TPSA) is 75.4 Å². The van der Waals surface area contributed by atoms with Crippen molar-refractivity contribution >= 4 is 34.7 Å². The number of likely N-dealkylation sites (tertiary alicyclic amines) is 1. The number of rotatable bonds is 5. The van der Waals surface area contributed by atoms with Gasteiger partial charge in [0.1, 0.15) is 12.4 Å². The summed E-state index contributed by atoms with van der Waals surface area (Å²) in [6.45, 7) is 3.12. The maximum atomic E-state index is 12.9. The summed E-state index contributed by atoms with van der Waals surface area (Å²) >= 11 is 1.67. The lowest BCUT2D eigenvalue weighted by molar-refractivity contribution is -0.147. The van der Waals surface area contributed by atoms with Crippen LogP contribution in [0.15, 0.2) is 24.3 Å². The molecule has 2 unspecified atom stereocenters. The quantitative estimate of drug-likeness (QED) is 0.885. The number of carboxylic acid groups (broad SMARTS) is 1. The lowest BCUT2D eigenvalue weighted by atomic mass is 9.90. The third-order valence-corrected chi connectivity index (χ3v) is 5.21. The molecule has 2 atom stereocenters. The summed E-state index contributed by atoms with van der Waals surface area (Å²) in [4.78, 5) is 30.5. The van der Waals surface area contributed by atoms with Gasteiger partial charge in [0.05, 0.1) is 22.7 Å². The minimum Gasteiger partial charge on any atom is -0.481 e. The molecular formula is C18H23N3O3S. The number of imidazole rings is 1. The number of aliphatic carboxylic acids is 1. The van der Waals surface area contributed by atoms with Gasteiger partial charge < -0.3 is 14.6 Å². The Morgan fingerprint density at radius 3 is 2.80 bits per heavy atom. The SMILES string of the molecule is CSCc1nc2ccccc2n1CC(=O)N1CC(C)CC(C(=O)O)C1. The van der Waals surface area contributed by atoms with E-state index in [0.29, 0.717) is 19.5 Å². The third-order valence-electron chi connectivity index (χ3n) is 4.66. The van der Waals surface area contributed by atoms with Crippen LogP contribution in [-0.2, 0) is 21.9 Å². The number of carboxylic acids is 1. The van der Waals surface area contributed by atoms with Crippen molar-refractivity contribution in [1.29, 1.82) is 0 Å². The number of aromatic nitrogens is 2. The van der Waals surface area contributed by atoms with Gasteiger partial charge in [-0.3, -0.25) is 9.59 Å². The summed E-state index contributed by atoms with van der Waals surface area (Å²) in [7, 11) is 0. The molecule has 1 aromatic heterocycles. The molecule has 2 aromatic rings. The minimum absolute atomic E-state index is 0.0386. The highest BCUT2D eigenvalue weighted by Gasteiger charge is 2.32. The van der Waals surface area contributed by atoms with Crippen LogP contribution in [0, 0.1) is 11.8 Å². The Hall–Kier alpha value is -2.02. The molecule has 0 spiro atoms. The first-order valence-electron chi connectivity index (χ1n) is 8.43. The Kier molecular flexibility index (Phi) is 5.32. The maximum absolute atomic E-state index is 12.9. The van der Waals surface area contributed by atoms with Gasteiger partial charge in [0.2, 0.25) is 5.91 Å². The van der Waals surface area contributed by atoms with E-state index in [1.807, 2.05) is 42.0 Å². The molecule has 1 aliphatic heterocycles. The van der Waals surface area contributed by atoms with Crippen LogP contribution in [0.5, 0.6) is 0 Å². The van der Waals surface area contributed by atoms with Gasteiger partial charge in [0.25, 0.3) is 0 Å². The van der Waals surface area contributed by atoms with E-state index in [4.69, 9.17) is 0 Å². The largest absolute Gasteiger partial charge is 0.481 e. The van der Waals surface area contributed by atoms with Crippen molar-refractivity contribution in [3.8, 4) is 0 Å². The number of nitrogens with zero attached hydrogens (tertiary/aromatic N) is 3. The van der Waals surface area contributed by atoms with Gasteiger partial charge in [0.15, 0.2) is 0 Å². The fourth-order valence-electron chi connectivity index (χ4n) is 3.51.